The third kappa shape index (κ3) is 4.29. The molecule has 1 aliphatic heterocycles. The van der Waals surface area contributed by atoms with Crippen molar-refractivity contribution in [2.75, 3.05) is 18.4 Å². The number of benzene rings is 1. The molecule has 3 N–H and O–H groups in total. The van der Waals surface area contributed by atoms with E-state index in [1.807, 2.05) is 31.2 Å². The van der Waals surface area contributed by atoms with Crippen molar-refractivity contribution >= 4 is 17.5 Å². The van der Waals surface area contributed by atoms with Crippen molar-refractivity contribution in [3.8, 4) is 0 Å². The summed E-state index contributed by atoms with van der Waals surface area (Å²) in [4.78, 5) is 23.3. The zero-order chi connectivity index (χ0) is 15.3. The molecule has 0 aliphatic carbocycles. The third-order valence-electron chi connectivity index (χ3n) is 3.98. The second-order valence-corrected chi connectivity index (χ2v) is 5.87. The van der Waals surface area contributed by atoms with E-state index in [-0.39, 0.29) is 17.2 Å². The minimum atomic E-state index is -0.263. The number of nitrogens with one attached hydrogen (secondary N) is 3. The lowest BCUT2D eigenvalue weighted by molar-refractivity contribution is -0.131. The van der Waals surface area contributed by atoms with E-state index in [0.717, 1.165) is 37.2 Å². The van der Waals surface area contributed by atoms with Gasteiger partial charge in [0.25, 0.3) is 0 Å². The molecule has 1 aromatic rings. The first-order valence-electron chi connectivity index (χ1n) is 7.35. The number of carbonyl (C=O) groups is 2. The van der Waals surface area contributed by atoms with Gasteiger partial charge in [0.1, 0.15) is 0 Å². The van der Waals surface area contributed by atoms with E-state index < -0.39 is 0 Å². The highest BCUT2D eigenvalue weighted by molar-refractivity contribution is 5.88. The highest BCUT2D eigenvalue weighted by Crippen LogP contribution is 2.28. The van der Waals surface area contributed by atoms with Crippen LogP contribution in [0.1, 0.15) is 32.3 Å². The van der Waals surface area contributed by atoms with Crippen LogP contribution in [0.25, 0.3) is 0 Å². The van der Waals surface area contributed by atoms with Crippen molar-refractivity contribution in [1.82, 2.24) is 10.6 Å². The number of anilines is 1. The fraction of sp³-hybridized carbons (Fsp3) is 0.500. The quantitative estimate of drug-likeness (QED) is 0.789. The highest BCUT2D eigenvalue weighted by Gasteiger charge is 2.34. The first-order valence-corrected chi connectivity index (χ1v) is 7.35. The largest absolute Gasteiger partial charge is 0.352 e. The van der Waals surface area contributed by atoms with Gasteiger partial charge >= 0.3 is 0 Å². The lowest BCUT2D eigenvalue weighted by Gasteiger charge is -2.32. The number of amides is 2. The summed E-state index contributed by atoms with van der Waals surface area (Å²) in [5.74, 6) is 0.0322. The molecule has 0 radical (unpaired) electrons. The van der Waals surface area contributed by atoms with Crippen molar-refractivity contribution in [2.24, 2.45) is 5.41 Å². The maximum absolute atomic E-state index is 12.3. The Morgan fingerprint density at radius 1 is 1.19 bits per heavy atom. The van der Waals surface area contributed by atoms with Crippen LogP contribution in [0.5, 0.6) is 0 Å². The van der Waals surface area contributed by atoms with Gasteiger partial charge in [0.2, 0.25) is 11.8 Å². The molecule has 114 valence electrons. The van der Waals surface area contributed by atoms with Gasteiger partial charge in [-0.25, -0.2) is 0 Å². The van der Waals surface area contributed by atoms with Crippen LogP contribution < -0.4 is 16.0 Å². The molecule has 5 nitrogen and oxygen atoms in total. The van der Waals surface area contributed by atoms with Crippen LogP contribution in [0.15, 0.2) is 24.3 Å². The summed E-state index contributed by atoms with van der Waals surface area (Å²) in [5.41, 5.74) is 1.53. The molecule has 1 aliphatic rings. The fourth-order valence-electron chi connectivity index (χ4n) is 2.51. The summed E-state index contributed by atoms with van der Waals surface area (Å²) >= 11 is 0. The second kappa shape index (κ2) is 6.72. The van der Waals surface area contributed by atoms with Gasteiger partial charge < -0.3 is 16.0 Å². The Bertz CT molecular complexity index is 505. The van der Waals surface area contributed by atoms with Crippen LogP contribution in [-0.4, -0.2) is 24.9 Å². The second-order valence-electron chi connectivity index (χ2n) is 5.87. The average Bonchev–Trinajstić information content (AvgIpc) is 2.46. The number of piperidine rings is 1. The van der Waals surface area contributed by atoms with Crippen LogP contribution >= 0.6 is 0 Å². The fourth-order valence-corrected chi connectivity index (χ4v) is 2.51. The zero-order valence-corrected chi connectivity index (χ0v) is 12.7. The topological polar surface area (TPSA) is 70.2 Å². The van der Waals surface area contributed by atoms with Crippen molar-refractivity contribution in [3.63, 3.8) is 0 Å². The molecule has 1 saturated heterocycles. The average molecular weight is 289 g/mol. The van der Waals surface area contributed by atoms with Crippen LogP contribution in [0.3, 0.4) is 0 Å². The van der Waals surface area contributed by atoms with Crippen LogP contribution in [-0.2, 0) is 16.1 Å². The summed E-state index contributed by atoms with van der Waals surface area (Å²) in [6, 6.07) is 7.51. The summed E-state index contributed by atoms with van der Waals surface area (Å²) in [6.45, 7) is 5.82. The SMILES string of the molecule is CC(=O)Nc1ccc(CNC(=O)C2(C)CCNCC2)cc1. The number of hydrogen-bond donors (Lipinski definition) is 3. The number of rotatable bonds is 4. The lowest BCUT2D eigenvalue weighted by atomic mass is 9.80. The van der Waals surface area contributed by atoms with Gasteiger partial charge in [-0.15, -0.1) is 0 Å². The maximum atomic E-state index is 12.3. The summed E-state index contributed by atoms with van der Waals surface area (Å²) in [5, 5.41) is 9.01. The molecule has 0 spiro atoms. The summed E-state index contributed by atoms with van der Waals surface area (Å²) in [7, 11) is 0. The van der Waals surface area contributed by atoms with Crippen LogP contribution in [0.2, 0.25) is 0 Å². The monoisotopic (exact) mass is 289 g/mol. The minimum absolute atomic E-state index is 0.0881. The smallest absolute Gasteiger partial charge is 0.226 e. The predicted molar refractivity (Wildman–Crippen MR) is 82.8 cm³/mol. The molecule has 21 heavy (non-hydrogen) atoms. The maximum Gasteiger partial charge on any atom is 0.226 e. The zero-order valence-electron chi connectivity index (χ0n) is 12.7. The Morgan fingerprint density at radius 3 is 2.38 bits per heavy atom. The minimum Gasteiger partial charge on any atom is -0.352 e. The van der Waals surface area contributed by atoms with Gasteiger partial charge in [-0.05, 0) is 43.6 Å². The standard InChI is InChI=1S/C16H23N3O2/c1-12(20)19-14-5-3-13(4-6-14)11-18-15(21)16(2)7-9-17-10-8-16/h3-6,17H,7-11H2,1-2H3,(H,18,21)(H,19,20). The van der Waals surface area contributed by atoms with Crippen molar-refractivity contribution < 1.29 is 9.59 Å². The Morgan fingerprint density at radius 2 is 1.81 bits per heavy atom. The molecule has 1 heterocycles. The normalized spacial score (nSPS) is 17.0. The van der Waals surface area contributed by atoms with E-state index in [9.17, 15) is 9.59 Å². The van der Waals surface area contributed by atoms with E-state index >= 15 is 0 Å². The van der Waals surface area contributed by atoms with E-state index in [0.29, 0.717) is 6.54 Å². The van der Waals surface area contributed by atoms with Gasteiger partial charge in [0.05, 0.1) is 0 Å². The predicted octanol–water partition coefficient (Wildman–Crippen LogP) is 1.65. The van der Waals surface area contributed by atoms with Crippen LogP contribution in [0, 0.1) is 5.41 Å². The Balaban J connectivity index is 1.87. The Kier molecular flexibility index (Phi) is 4.96. The van der Waals surface area contributed by atoms with E-state index in [2.05, 4.69) is 16.0 Å². The Labute approximate surface area is 125 Å². The first kappa shape index (κ1) is 15.5. The van der Waals surface area contributed by atoms with Gasteiger partial charge in [0, 0.05) is 24.6 Å². The van der Waals surface area contributed by atoms with E-state index in [1.54, 1.807) is 0 Å². The summed E-state index contributed by atoms with van der Waals surface area (Å²) < 4.78 is 0. The number of carbonyl (C=O) groups excluding carboxylic acids is 2. The molecular weight excluding hydrogens is 266 g/mol. The molecule has 5 heteroatoms. The first-order chi connectivity index (χ1) is 9.99. The molecule has 2 amide bonds. The number of hydrogen-bond acceptors (Lipinski definition) is 3. The molecule has 1 aromatic carbocycles. The van der Waals surface area contributed by atoms with Crippen molar-refractivity contribution in [3.05, 3.63) is 29.8 Å². The van der Waals surface area contributed by atoms with Crippen molar-refractivity contribution in [1.29, 1.82) is 0 Å². The summed E-state index contributed by atoms with van der Waals surface area (Å²) in [6.07, 6.45) is 1.75. The molecule has 1 fully saturated rings. The highest BCUT2D eigenvalue weighted by atomic mass is 16.2. The molecule has 0 atom stereocenters. The molecule has 0 unspecified atom stereocenters. The van der Waals surface area contributed by atoms with Crippen molar-refractivity contribution in [2.45, 2.75) is 33.2 Å². The van der Waals surface area contributed by atoms with E-state index in [4.69, 9.17) is 0 Å². The lowest BCUT2D eigenvalue weighted by Crippen LogP contribution is -2.45. The molecule has 0 saturated carbocycles. The van der Waals surface area contributed by atoms with Gasteiger partial charge in [0.15, 0.2) is 0 Å². The molecule has 0 aromatic heterocycles. The van der Waals surface area contributed by atoms with Crippen LogP contribution in [0.4, 0.5) is 5.69 Å². The molecule has 2 rings (SSSR count). The van der Waals surface area contributed by atoms with E-state index in [1.165, 1.54) is 6.92 Å². The third-order valence-corrected chi connectivity index (χ3v) is 3.98. The van der Waals surface area contributed by atoms with Gasteiger partial charge in [-0.3, -0.25) is 9.59 Å². The Hall–Kier alpha value is -1.88. The van der Waals surface area contributed by atoms with Gasteiger partial charge in [-0.1, -0.05) is 19.1 Å². The van der Waals surface area contributed by atoms with Gasteiger partial charge in [-0.2, -0.15) is 0 Å². The molecule has 0 bridgehead atoms. The molecular formula is C16H23N3O2.